The van der Waals surface area contributed by atoms with Crippen LogP contribution in [0.5, 0.6) is 0 Å². The lowest BCUT2D eigenvalue weighted by Crippen LogP contribution is -2.43. The van der Waals surface area contributed by atoms with Crippen LogP contribution in [0.3, 0.4) is 0 Å². The van der Waals surface area contributed by atoms with Crippen LogP contribution in [0.15, 0.2) is 0 Å². The van der Waals surface area contributed by atoms with Crippen molar-refractivity contribution in [2.75, 3.05) is 51.0 Å². The first-order chi connectivity index (χ1) is 10.1. The Morgan fingerprint density at radius 2 is 2.10 bits per heavy atom. The van der Waals surface area contributed by atoms with Crippen molar-refractivity contribution in [2.45, 2.75) is 32.8 Å². The first-order valence-corrected chi connectivity index (χ1v) is 7.73. The number of likely N-dealkylation sites (N-methyl/N-ethyl adjacent to an activating group) is 1. The molecule has 1 saturated heterocycles. The zero-order valence-electron chi connectivity index (χ0n) is 13.6. The minimum absolute atomic E-state index is 0.214. The number of nitrogens with zero attached hydrogens (tertiary/aromatic N) is 3. The molecule has 6 heteroatoms. The Hall–Kier alpha value is -1.40. The average molecular weight is 293 g/mol. The highest BCUT2D eigenvalue weighted by molar-refractivity contribution is 5.57. The maximum atomic E-state index is 5.78. The minimum Gasteiger partial charge on any atom is -0.374 e. The van der Waals surface area contributed by atoms with Gasteiger partial charge in [-0.25, -0.2) is 9.97 Å². The first kappa shape index (κ1) is 16.0. The highest BCUT2D eigenvalue weighted by Crippen LogP contribution is 2.20. The van der Waals surface area contributed by atoms with E-state index in [9.17, 15) is 0 Å². The molecule has 21 heavy (non-hydrogen) atoms. The van der Waals surface area contributed by atoms with E-state index in [1.807, 2.05) is 14.0 Å². The van der Waals surface area contributed by atoms with Gasteiger partial charge in [-0.05, 0) is 20.4 Å². The maximum Gasteiger partial charge on any atom is 0.134 e. The van der Waals surface area contributed by atoms with Gasteiger partial charge in [-0.15, -0.1) is 0 Å². The normalized spacial score (nSPS) is 19.5. The van der Waals surface area contributed by atoms with Gasteiger partial charge >= 0.3 is 0 Å². The number of anilines is 2. The van der Waals surface area contributed by atoms with Crippen LogP contribution >= 0.6 is 0 Å². The second kappa shape index (κ2) is 7.56. The van der Waals surface area contributed by atoms with E-state index in [1.54, 1.807) is 0 Å². The summed E-state index contributed by atoms with van der Waals surface area (Å²) >= 11 is 0. The molecule has 1 atom stereocenters. The molecule has 6 nitrogen and oxygen atoms in total. The fraction of sp³-hybridized carbons (Fsp3) is 0.733. The number of morpholine rings is 1. The summed E-state index contributed by atoms with van der Waals surface area (Å²) in [4.78, 5) is 11.5. The van der Waals surface area contributed by atoms with E-state index < -0.39 is 0 Å². The smallest absolute Gasteiger partial charge is 0.134 e. The SMILES string of the molecule is CCCc1nc(NC)c(C)c(NCC2CN(C)CCO2)n1. The lowest BCUT2D eigenvalue weighted by molar-refractivity contribution is -0.0117. The number of nitrogens with one attached hydrogen (secondary N) is 2. The predicted molar refractivity (Wildman–Crippen MR) is 86.0 cm³/mol. The number of hydrogen-bond acceptors (Lipinski definition) is 6. The molecule has 0 saturated carbocycles. The third-order valence-corrected chi connectivity index (χ3v) is 3.74. The van der Waals surface area contributed by atoms with Gasteiger partial charge in [-0.2, -0.15) is 0 Å². The van der Waals surface area contributed by atoms with Crippen LogP contribution in [0.1, 0.15) is 24.7 Å². The van der Waals surface area contributed by atoms with Gasteiger partial charge in [0, 0.05) is 38.7 Å². The molecule has 1 unspecified atom stereocenters. The number of aryl methyl sites for hydroxylation is 1. The largest absolute Gasteiger partial charge is 0.374 e. The molecule has 2 rings (SSSR count). The molecule has 0 aromatic carbocycles. The maximum absolute atomic E-state index is 5.78. The quantitative estimate of drug-likeness (QED) is 0.829. The van der Waals surface area contributed by atoms with E-state index in [0.717, 1.165) is 62.1 Å². The molecule has 1 aliphatic rings. The van der Waals surface area contributed by atoms with Crippen LogP contribution in [-0.2, 0) is 11.2 Å². The Morgan fingerprint density at radius 3 is 2.76 bits per heavy atom. The van der Waals surface area contributed by atoms with Crippen molar-refractivity contribution in [1.29, 1.82) is 0 Å². The Balaban J connectivity index is 2.05. The van der Waals surface area contributed by atoms with E-state index >= 15 is 0 Å². The molecule has 1 fully saturated rings. The van der Waals surface area contributed by atoms with E-state index in [2.05, 4.69) is 39.5 Å². The zero-order valence-corrected chi connectivity index (χ0v) is 13.6. The molecular weight excluding hydrogens is 266 g/mol. The van der Waals surface area contributed by atoms with Gasteiger partial charge in [0.1, 0.15) is 17.5 Å². The third-order valence-electron chi connectivity index (χ3n) is 3.74. The molecule has 1 aliphatic heterocycles. The summed E-state index contributed by atoms with van der Waals surface area (Å²) in [7, 11) is 4.03. The summed E-state index contributed by atoms with van der Waals surface area (Å²) in [5, 5.41) is 6.58. The molecule has 0 bridgehead atoms. The van der Waals surface area contributed by atoms with Gasteiger partial charge in [-0.3, -0.25) is 0 Å². The highest BCUT2D eigenvalue weighted by Gasteiger charge is 2.18. The van der Waals surface area contributed by atoms with Gasteiger partial charge in [0.05, 0.1) is 12.7 Å². The van der Waals surface area contributed by atoms with Crippen molar-refractivity contribution < 1.29 is 4.74 Å². The third kappa shape index (κ3) is 4.28. The number of rotatable bonds is 6. The van der Waals surface area contributed by atoms with Crippen LogP contribution in [0, 0.1) is 6.92 Å². The molecule has 0 aliphatic carbocycles. The van der Waals surface area contributed by atoms with E-state index in [4.69, 9.17) is 4.74 Å². The molecule has 2 heterocycles. The van der Waals surface area contributed by atoms with Crippen molar-refractivity contribution in [3.63, 3.8) is 0 Å². The fourth-order valence-corrected chi connectivity index (χ4v) is 2.51. The Kier molecular flexibility index (Phi) is 5.76. The van der Waals surface area contributed by atoms with Crippen LogP contribution in [0.2, 0.25) is 0 Å². The lowest BCUT2D eigenvalue weighted by Gasteiger charge is -2.30. The van der Waals surface area contributed by atoms with Gasteiger partial charge in [0.25, 0.3) is 0 Å². The predicted octanol–water partition coefficient (Wildman–Crippen LogP) is 1.52. The average Bonchev–Trinajstić information content (AvgIpc) is 2.48. The van der Waals surface area contributed by atoms with E-state index in [1.165, 1.54) is 0 Å². The lowest BCUT2D eigenvalue weighted by atomic mass is 10.2. The van der Waals surface area contributed by atoms with Crippen molar-refractivity contribution in [1.82, 2.24) is 14.9 Å². The summed E-state index contributed by atoms with van der Waals surface area (Å²) in [6.07, 6.45) is 2.15. The standard InChI is InChI=1S/C15H27N5O/c1-5-6-13-18-14(16-3)11(2)15(19-13)17-9-12-10-20(4)7-8-21-12/h12H,5-10H2,1-4H3,(H2,16,17,18,19). The number of ether oxygens (including phenoxy) is 1. The van der Waals surface area contributed by atoms with Gasteiger partial charge in [-0.1, -0.05) is 6.92 Å². The molecular formula is C15H27N5O. The second-order valence-electron chi connectivity index (χ2n) is 5.60. The Bertz CT molecular complexity index is 466. The molecule has 0 amide bonds. The molecule has 2 N–H and O–H groups in total. The number of hydrogen-bond donors (Lipinski definition) is 2. The van der Waals surface area contributed by atoms with E-state index in [0.29, 0.717) is 0 Å². The Labute approximate surface area is 127 Å². The van der Waals surface area contributed by atoms with Gasteiger partial charge in [0.2, 0.25) is 0 Å². The topological polar surface area (TPSA) is 62.3 Å². The fourth-order valence-electron chi connectivity index (χ4n) is 2.51. The highest BCUT2D eigenvalue weighted by atomic mass is 16.5. The summed E-state index contributed by atoms with van der Waals surface area (Å²) in [5.74, 6) is 2.70. The molecule has 118 valence electrons. The minimum atomic E-state index is 0.214. The Morgan fingerprint density at radius 1 is 1.33 bits per heavy atom. The van der Waals surface area contributed by atoms with Gasteiger partial charge < -0.3 is 20.3 Å². The van der Waals surface area contributed by atoms with E-state index in [-0.39, 0.29) is 6.10 Å². The van der Waals surface area contributed by atoms with Crippen molar-refractivity contribution in [2.24, 2.45) is 0 Å². The second-order valence-corrected chi connectivity index (χ2v) is 5.60. The van der Waals surface area contributed by atoms with Crippen molar-refractivity contribution >= 4 is 11.6 Å². The van der Waals surface area contributed by atoms with Crippen LogP contribution < -0.4 is 10.6 Å². The number of aromatic nitrogens is 2. The van der Waals surface area contributed by atoms with Gasteiger partial charge in [0.15, 0.2) is 0 Å². The van der Waals surface area contributed by atoms with Crippen molar-refractivity contribution in [3.05, 3.63) is 11.4 Å². The summed E-state index contributed by atoms with van der Waals surface area (Å²) in [6, 6.07) is 0. The summed E-state index contributed by atoms with van der Waals surface area (Å²) in [6.45, 7) is 7.72. The molecule has 0 spiro atoms. The first-order valence-electron chi connectivity index (χ1n) is 7.73. The van der Waals surface area contributed by atoms with Crippen LogP contribution in [-0.4, -0.2) is 61.3 Å². The summed E-state index contributed by atoms with van der Waals surface area (Å²) in [5.41, 5.74) is 1.06. The van der Waals surface area contributed by atoms with Crippen molar-refractivity contribution in [3.8, 4) is 0 Å². The van der Waals surface area contributed by atoms with Crippen LogP contribution in [0.4, 0.5) is 11.6 Å². The molecule has 1 aromatic rings. The molecule has 0 radical (unpaired) electrons. The molecule has 1 aromatic heterocycles. The summed E-state index contributed by atoms with van der Waals surface area (Å²) < 4.78 is 5.78. The monoisotopic (exact) mass is 293 g/mol. The van der Waals surface area contributed by atoms with Crippen LogP contribution in [0.25, 0.3) is 0 Å². The zero-order chi connectivity index (χ0) is 15.2.